The van der Waals surface area contributed by atoms with Crippen molar-refractivity contribution in [1.29, 1.82) is 0 Å². The first-order chi connectivity index (χ1) is 7.38. The van der Waals surface area contributed by atoms with E-state index in [0.717, 1.165) is 5.56 Å². The van der Waals surface area contributed by atoms with Crippen molar-refractivity contribution in [2.45, 2.75) is 6.54 Å². The van der Waals surface area contributed by atoms with Gasteiger partial charge in [0.25, 0.3) is 0 Å². The summed E-state index contributed by atoms with van der Waals surface area (Å²) >= 11 is 0. The lowest BCUT2D eigenvalue weighted by atomic mass is 10.2. The summed E-state index contributed by atoms with van der Waals surface area (Å²) in [5.41, 5.74) is 1.68. The van der Waals surface area contributed by atoms with Crippen LogP contribution in [0.3, 0.4) is 0 Å². The third-order valence-electron chi connectivity index (χ3n) is 1.98. The number of isocyanates is 1. The molecule has 0 saturated heterocycles. The van der Waals surface area contributed by atoms with Gasteiger partial charge in [0.15, 0.2) is 0 Å². The fraction of sp³-hybridized carbons (Fsp3) is 0.0909. The Kier molecular flexibility index (Phi) is 2.72. The van der Waals surface area contributed by atoms with Crippen LogP contribution in [0.25, 0.3) is 0 Å². The Balaban J connectivity index is 2.15. The number of aliphatic imine (C=N–C) groups is 1. The molecule has 0 radical (unpaired) electrons. The summed E-state index contributed by atoms with van der Waals surface area (Å²) in [5, 5.41) is 4.07. The van der Waals surface area contributed by atoms with Crippen molar-refractivity contribution in [1.82, 2.24) is 9.78 Å². The van der Waals surface area contributed by atoms with E-state index in [0.29, 0.717) is 12.2 Å². The molecule has 1 aromatic carbocycles. The van der Waals surface area contributed by atoms with Gasteiger partial charge in [-0.1, -0.05) is 30.3 Å². The smallest absolute Gasteiger partial charge is 0.240 e. The lowest BCUT2D eigenvalue weighted by molar-refractivity contribution is 0.565. The van der Waals surface area contributed by atoms with E-state index in [1.807, 2.05) is 30.3 Å². The van der Waals surface area contributed by atoms with Crippen LogP contribution in [0.15, 0.2) is 47.7 Å². The van der Waals surface area contributed by atoms with E-state index in [1.165, 1.54) is 12.3 Å². The fourth-order valence-corrected chi connectivity index (χ4v) is 1.32. The molecule has 0 spiro atoms. The molecule has 0 saturated carbocycles. The van der Waals surface area contributed by atoms with E-state index in [2.05, 4.69) is 10.1 Å². The minimum Gasteiger partial charge on any atom is -0.266 e. The minimum atomic E-state index is 0.529. The number of hydrogen-bond acceptors (Lipinski definition) is 3. The van der Waals surface area contributed by atoms with Crippen molar-refractivity contribution in [2.75, 3.05) is 0 Å². The van der Waals surface area contributed by atoms with E-state index < -0.39 is 0 Å². The second kappa shape index (κ2) is 4.35. The zero-order valence-electron chi connectivity index (χ0n) is 8.00. The van der Waals surface area contributed by atoms with Gasteiger partial charge in [-0.05, 0) is 5.56 Å². The summed E-state index contributed by atoms with van der Waals surface area (Å²) in [6, 6.07) is 9.95. The molecule has 0 aliphatic heterocycles. The highest BCUT2D eigenvalue weighted by atomic mass is 16.1. The first-order valence-electron chi connectivity index (χ1n) is 4.53. The monoisotopic (exact) mass is 199 g/mol. The van der Waals surface area contributed by atoms with E-state index >= 15 is 0 Å². The SMILES string of the molecule is O=C=Nc1cnn(Cc2ccccc2)c1. The highest BCUT2D eigenvalue weighted by Crippen LogP contribution is 2.09. The molecule has 15 heavy (non-hydrogen) atoms. The molecule has 0 amide bonds. The van der Waals surface area contributed by atoms with Crippen molar-refractivity contribution >= 4 is 11.8 Å². The highest BCUT2D eigenvalue weighted by Gasteiger charge is 1.97. The molecule has 4 nitrogen and oxygen atoms in total. The molecule has 2 aromatic rings. The summed E-state index contributed by atoms with van der Waals surface area (Å²) in [5.74, 6) is 0. The van der Waals surface area contributed by atoms with Crippen molar-refractivity contribution in [2.24, 2.45) is 4.99 Å². The van der Waals surface area contributed by atoms with Gasteiger partial charge < -0.3 is 0 Å². The van der Waals surface area contributed by atoms with Crippen LogP contribution in [0.5, 0.6) is 0 Å². The number of rotatable bonds is 3. The van der Waals surface area contributed by atoms with Gasteiger partial charge in [0.1, 0.15) is 5.69 Å². The van der Waals surface area contributed by atoms with Crippen molar-refractivity contribution < 1.29 is 4.79 Å². The fourth-order valence-electron chi connectivity index (χ4n) is 1.32. The van der Waals surface area contributed by atoms with E-state index in [4.69, 9.17) is 0 Å². The minimum absolute atomic E-state index is 0.529. The largest absolute Gasteiger partial charge is 0.266 e. The van der Waals surface area contributed by atoms with Crippen LogP contribution in [-0.4, -0.2) is 15.9 Å². The maximum absolute atomic E-state index is 10.0. The van der Waals surface area contributed by atoms with Gasteiger partial charge in [0.05, 0.1) is 18.9 Å². The topological polar surface area (TPSA) is 47.2 Å². The first kappa shape index (κ1) is 9.37. The summed E-state index contributed by atoms with van der Waals surface area (Å²) in [6.07, 6.45) is 4.72. The number of aromatic nitrogens is 2. The van der Waals surface area contributed by atoms with Gasteiger partial charge in [0, 0.05) is 0 Å². The summed E-state index contributed by atoms with van der Waals surface area (Å²) in [7, 11) is 0. The van der Waals surface area contributed by atoms with Crippen LogP contribution < -0.4 is 0 Å². The average molecular weight is 199 g/mol. The van der Waals surface area contributed by atoms with Crippen LogP contribution in [0.2, 0.25) is 0 Å². The zero-order valence-corrected chi connectivity index (χ0v) is 8.00. The molecular formula is C11H9N3O. The second-order valence-electron chi connectivity index (χ2n) is 3.08. The maximum Gasteiger partial charge on any atom is 0.240 e. The van der Waals surface area contributed by atoms with E-state index in [-0.39, 0.29) is 0 Å². The molecule has 74 valence electrons. The van der Waals surface area contributed by atoms with Crippen LogP contribution in [-0.2, 0) is 11.3 Å². The normalized spacial score (nSPS) is 9.60. The molecule has 4 heteroatoms. The maximum atomic E-state index is 10.0. The third kappa shape index (κ3) is 2.39. The number of nitrogens with zero attached hydrogens (tertiary/aromatic N) is 3. The molecule has 1 heterocycles. The van der Waals surface area contributed by atoms with Gasteiger partial charge in [-0.15, -0.1) is 0 Å². The molecule has 1 aromatic heterocycles. The molecule has 0 bridgehead atoms. The third-order valence-corrected chi connectivity index (χ3v) is 1.98. The van der Waals surface area contributed by atoms with Gasteiger partial charge in [-0.25, -0.2) is 4.79 Å². The average Bonchev–Trinajstić information content (AvgIpc) is 2.68. The Morgan fingerprint density at radius 2 is 2.13 bits per heavy atom. The standard InChI is InChI=1S/C11H9N3O/c15-9-12-11-6-13-14(8-11)7-10-4-2-1-3-5-10/h1-6,8H,7H2. The van der Waals surface area contributed by atoms with Crippen LogP contribution in [0, 0.1) is 0 Å². The van der Waals surface area contributed by atoms with Crippen molar-refractivity contribution in [3.05, 3.63) is 48.3 Å². The van der Waals surface area contributed by atoms with Crippen molar-refractivity contribution in [3.8, 4) is 0 Å². The summed E-state index contributed by atoms with van der Waals surface area (Å²) in [4.78, 5) is 13.5. The molecule has 0 aliphatic rings. The Hall–Kier alpha value is -2.19. The molecule has 0 aliphatic carbocycles. The van der Waals surface area contributed by atoms with Crippen LogP contribution in [0.1, 0.15) is 5.56 Å². The van der Waals surface area contributed by atoms with E-state index in [1.54, 1.807) is 10.9 Å². The van der Waals surface area contributed by atoms with Crippen LogP contribution in [0.4, 0.5) is 5.69 Å². The second-order valence-corrected chi connectivity index (χ2v) is 3.08. The Morgan fingerprint density at radius 1 is 1.33 bits per heavy atom. The lowest BCUT2D eigenvalue weighted by Crippen LogP contribution is -1.98. The van der Waals surface area contributed by atoms with Gasteiger partial charge in [-0.2, -0.15) is 10.1 Å². The molecule has 2 rings (SSSR count). The summed E-state index contributed by atoms with van der Waals surface area (Å²) < 4.78 is 1.73. The molecular weight excluding hydrogens is 190 g/mol. The number of benzene rings is 1. The quantitative estimate of drug-likeness (QED) is 0.560. The van der Waals surface area contributed by atoms with Gasteiger partial charge >= 0.3 is 0 Å². The Labute approximate surface area is 86.9 Å². The van der Waals surface area contributed by atoms with Gasteiger partial charge in [-0.3, -0.25) is 4.68 Å². The van der Waals surface area contributed by atoms with E-state index in [9.17, 15) is 4.79 Å². The molecule has 0 atom stereocenters. The zero-order chi connectivity index (χ0) is 10.5. The molecule has 0 unspecified atom stereocenters. The first-order valence-corrected chi connectivity index (χ1v) is 4.53. The number of carbonyl (C=O) groups excluding carboxylic acids is 1. The number of hydrogen-bond donors (Lipinski definition) is 0. The van der Waals surface area contributed by atoms with Crippen LogP contribution >= 0.6 is 0 Å². The Morgan fingerprint density at radius 3 is 2.87 bits per heavy atom. The molecule has 0 fully saturated rings. The van der Waals surface area contributed by atoms with Crippen molar-refractivity contribution in [3.63, 3.8) is 0 Å². The van der Waals surface area contributed by atoms with Gasteiger partial charge in [0.2, 0.25) is 6.08 Å². The predicted octanol–water partition coefficient (Wildman–Crippen LogP) is 1.90. The Bertz CT molecular complexity index is 484. The molecule has 0 N–H and O–H groups in total. The summed E-state index contributed by atoms with van der Waals surface area (Å²) in [6.45, 7) is 0.676. The predicted molar refractivity (Wildman–Crippen MR) is 55.6 cm³/mol. The lowest BCUT2D eigenvalue weighted by Gasteiger charge is -1.99. The highest BCUT2D eigenvalue weighted by molar-refractivity contribution is 5.46.